The monoisotopic (exact) mass is 533 g/mol. The maximum Gasteiger partial charge on any atom is 0.311 e. The van der Waals surface area contributed by atoms with Crippen molar-refractivity contribution in [2.45, 2.75) is 13.5 Å². The number of nitro groups is 1. The fourth-order valence-corrected chi connectivity index (χ4v) is 4.40. The molecule has 0 aromatic heterocycles. The second-order valence-electron chi connectivity index (χ2n) is 8.03. The molecule has 1 heterocycles. The Hall–Kier alpha value is -4.64. The van der Waals surface area contributed by atoms with Gasteiger partial charge < -0.3 is 14.8 Å². The molecule has 4 rings (SSSR count). The maximum absolute atomic E-state index is 12.8. The van der Waals surface area contributed by atoms with E-state index in [-0.39, 0.29) is 22.9 Å². The number of rotatable bonds is 10. The van der Waals surface area contributed by atoms with Crippen molar-refractivity contribution in [3.63, 3.8) is 0 Å². The summed E-state index contributed by atoms with van der Waals surface area (Å²) in [6.07, 6.45) is 1.38. The number of thioether (sulfide) groups is 1. The first-order valence-corrected chi connectivity index (χ1v) is 12.4. The van der Waals surface area contributed by atoms with E-state index in [1.54, 1.807) is 30.3 Å². The summed E-state index contributed by atoms with van der Waals surface area (Å²) in [6.45, 7) is 2.05. The summed E-state index contributed by atoms with van der Waals surface area (Å²) < 4.78 is 11.0. The molecular formula is C27H23N3O7S. The van der Waals surface area contributed by atoms with Gasteiger partial charge in [0.15, 0.2) is 5.75 Å². The first-order chi connectivity index (χ1) is 18.3. The molecule has 3 amide bonds. The molecule has 0 spiro atoms. The van der Waals surface area contributed by atoms with Crippen molar-refractivity contribution in [1.29, 1.82) is 0 Å². The Labute approximate surface area is 222 Å². The van der Waals surface area contributed by atoms with Crippen LogP contribution >= 0.6 is 11.8 Å². The van der Waals surface area contributed by atoms with Gasteiger partial charge in [-0.15, -0.1) is 0 Å². The molecule has 0 unspecified atom stereocenters. The standard InChI is InChI=1S/C27H23N3O7S/c1-2-36-21-11-9-20(10-12-21)28-25(31)16-29-26(32)24(38-27(29)33)15-19-8-13-23(22(14-19)30(34)35)37-17-18-6-4-3-5-7-18/h3-15H,2,16-17H2,1H3,(H,28,31)/b24-15+. The third-order valence-electron chi connectivity index (χ3n) is 5.34. The van der Waals surface area contributed by atoms with Crippen molar-refractivity contribution in [3.05, 3.63) is 98.9 Å². The Bertz CT molecular complexity index is 1390. The Morgan fingerprint density at radius 2 is 1.79 bits per heavy atom. The highest BCUT2D eigenvalue weighted by Crippen LogP contribution is 2.34. The van der Waals surface area contributed by atoms with E-state index in [1.807, 2.05) is 37.3 Å². The fraction of sp³-hybridized carbons (Fsp3) is 0.148. The molecule has 1 fully saturated rings. The van der Waals surface area contributed by atoms with E-state index in [0.717, 1.165) is 10.5 Å². The molecule has 0 aliphatic carbocycles. The Balaban J connectivity index is 1.43. The zero-order valence-electron chi connectivity index (χ0n) is 20.3. The summed E-state index contributed by atoms with van der Waals surface area (Å²) in [7, 11) is 0. The summed E-state index contributed by atoms with van der Waals surface area (Å²) in [5.41, 5.74) is 1.41. The quantitative estimate of drug-likeness (QED) is 0.213. The third kappa shape index (κ3) is 6.56. The molecule has 3 aromatic carbocycles. The largest absolute Gasteiger partial charge is 0.494 e. The smallest absolute Gasteiger partial charge is 0.311 e. The number of anilines is 1. The number of carbonyl (C=O) groups excluding carboxylic acids is 3. The van der Waals surface area contributed by atoms with Gasteiger partial charge in [-0.05, 0) is 66.2 Å². The lowest BCUT2D eigenvalue weighted by atomic mass is 10.1. The van der Waals surface area contributed by atoms with Crippen molar-refractivity contribution in [1.82, 2.24) is 4.90 Å². The minimum absolute atomic E-state index is 0.0520. The fourth-order valence-electron chi connectivity index (χ4n) is 3.56. The maximum atomic E-state index is 12.8. The van der Waals surface area contributed by atoms with E-state index < -0.39 is 28.5 Å². The number of benzene rings is 3. The van der Waals surface area contributed by atoms with Gasteiger partial charge in [0.25, 0.3) is 11.1 Å². The van der Waals surface area contributed by atoms with Crippen LogP contribution in [0.4, 0.5) is 16.2 Å². The van der Waals surface area contributed by atoms with Gasteiger partial charge in [0.2, 0.25) is 5.91 Å². The lowest BCUT2D eigenvalue weighted by Crippen LogP contribution is -2.36. The second-order valence-corrected chi connectivity index (χ2v) is 9.03. The van der Waals surface area contributed by atoms with Gasteiger partial charge in [-0.2, -0.15) is 0 Å². The number of ether oxygens (including phenoxy) is 2. The molecule has 0 saturated carbocycles. The molecule has 1 aliphatic heterocycles. The Morgan fingerprint density at radius 1 is 1.05 bits per heavy atom. The Morgan fingerprint density at radius 3 is 2.47 bits per heavy atom. The number of amides is 3. The Kier molecular flexibility index (Phi) is 8.39. The van der Waals surface area contributed by atoms with Gasteiger partial charge >= 0.3 is 5.69 Å². The molecule has 1 saturated heterocycles. The molecule has 1 aliphatic rings. The summed E-state index contributed by atoms with van der Waals surface area (Å²) in [5.74, 6) is -0.477. The summed E-state index contributed by atoms with van der Waals surface area (Å²) in [5, 5.41) is 13.7. The highest BCUT2D eigenvalue weighted by molar-refractivity contribution is 8.18. The number of carbonyl (C=O) groups is 3. The lowest BCUT2D eigenvalue weighted by molar-refractivity contribution is -0.386. The predicted molar refractivity (Wildman–Crippen MR) is 143 cm³/mol. The molecule has 0 atom stereocenters. The summed E-state index contributed by atoms with van der Waals surface area (Å²) >= 11 is 0.659. The van der Waals surface area contributed by atoms with Gasteiger partial charge in [-0.1, -0.05) is 36.4 Å². The lowest BCUT2D eigenvalue weighted by Gasteiger charge is -2.12. The van der Waals surface area contributed by atoms with Crippen LogP contribution in [0.25, 0.3) is 6.08 Å². The van der Waals surface area contributed by atoms with E-state index >= 15 is 0 Å². The molecule has 3 aromatic rings. The summed E-state index contributed by atoms with van der Waals surface area (Å²) in [4.78, 5) is 49.7. The highest BCUT2D eigenvalue weighted by Gasteiger charge is 2.36. The molecule has 0 bridgehead atoms. The van der Waals surface area contributed by atoms with E-state index in [9.17, 15) is 24.5 Å². The predicted octanol–water partition coefficient (Wildman–Crippen LogP) is 5.25. The number of nitrogens with one attached hydrogen (secondary N) is 1. The van der Waals surface area contributed by atoms with Crippen LogP contribution in [0.1, 0.15) is 18.1 Å². The highest BCUT2D eigenvalue weighted by atomic mass is 32.2. The van der Waals surface area contributed by atoms with Crippen molar-refractivity contribution in [2.24, 2.45) is 0 Å². The van der Waals surface area contributed by atoms with Crippen molar-refractivity contribution in [2.75, 3.05) is 18.5 Å². The number of nitrogens with zero attached hydrogens (tertiary/aromatic N) is 2. The molecule has 10 nitrogen and oxygen atoms in total. The zero-order chi connectivity index (χ0) is 27.1. The van der Waals surface area contributed by atoms with E-state index in [2.05, 4.69) is 5.32 Å². The molecule has 0 radical (unpaired) electrons. The van der Waals surface area contributed by atoms with Crippen LogP contribution in [0.3, 0.4) is 0 Å². The topological polar surface area (TPSA) is 128 Å². The number of hydrogen-bond donors (Lipinski definition) is 1. The first kappa shape index (κ1) is 26.4. The normalized spacial score (nSPS) is 14.0. The van der Waals surface area contributed by atoms with Crippen LogP contribution in [0, 0.1) is 10.1 Å². The molecule has 11 heteroatoms. The average Bonchev–Trinajstić information content (AvgIpc) is 3.16. The first-order valence-electron chi connectivity index (χ1n) is 11.6. The molecule has 38 heavy (non-hydrogen) atoms. The van der Waals surface area contributed by atoms with E-state index in [4.69, 9.17) is 9.47 Å². The minimum atomic E-state index is -0.658. The second kappa shape index (κ2) is 12.1. The van der Waals surface area contributed by atoms with Crippen LogP contribution in [0.5, 0.6) is 11.5 Å². The molecule has 1 N–H and O–H groups in total. The number of nitro benzene ring substituents is 1. The van der Waals surface area contributed by atoms with E-state index in [0.29, 0.717) is 35.4 Å². The van der Waals surface area contributed by atoms with Crippen molar-refractivity contribution >= 4 is 46.3 Å². The van der Waals surface area contributed by atoms with Gasteiger partial charge in [-0.3, -0.25) is 29.4 Å². The third-order valence-corrected chi connectivity index (χ3v) is 6.25. The zero-order valence-corrected chi connectivity index (χ0v) is 21.1. The number of hydrogen-bond acceptors (Lipinski definition) is 8. The van der Waals surface area contributed by atoms with E-state index in [1.165, 1.54) is 18.2 Å². The van der Waals surface area contributed by atoms with Crippen LogP contribution in [-0.2, 0) is 16.2 Å². The van der Waals surface area contributed by atoms with Crippen LogP contribution < -0.4 is 14.8 Å². The average molecular weight is 534 g/mol. The van der Waals surface area contributed by atoms with Crippen LogP contribution in [-0.4, -0.2) is 40.0 Å². The van der Waals surface area contributed by atoms with Gasteiger partial charge in [-0.25, -0.2) is 0 Å². The van der Waals surface area contributed by atoms with Crippen LogP contribution in [0.2, 0.25) is 0 Å². The number of imide groups is 1. The van der Waals surface area contributed by atoms with Crippen molar-refractivity contribution < 1.29 is 28.8 Å². The van der Waals surface area contributed by atoms with Gasteiger partial charge in [0.05, 0.1) is 16.4 Å². The SMILES string of the molecule is CCOc1ccc(NC(=O)CN2C(=O)S/C(=C/c3ccc(OCc4ccccc4)c([N+](=O)[O-])c3)C2=O)cc1. The van der Waals surface area contributed by atoms with Gasteiger partial charge in [0.1, 0.15) is 18.9 Å². The minimum Gasteiger partial charge on any atom is -0.494 e. The van der Waals surface area contributed by atoms with Gasteiger partial charge in [0, 0.05) is 11.8 Å². The molecular weight excluding hydrogens is 510 g/mol. The van der Waals surface area contributed by atoms with Crippen molar-refractivity contribution in [3.8, 4) is 11.5 Å². The molecule has 194 valence electrons. The summed E-state index contributed by atoms with van der Waals surface area (Å²) in [6, 6.07) is 20.2. The van der Waals surface area contributed by atoms with Crippen LogP contribution in [0.15, 0.2) is 77.7 Å².